The minimum atomic E-state index is -4.61. The van der Waals surface area contributed by atoms with Crippen LogP contribution in [0.3, 0.4) is 0 Å². The Morgan fingerprint density at radius 2 is 1.96 bits per heavy atom. The van der Waals surface area contributed by atoms with E-state index in [1.54, 1.807) is 0 Å². The van der Waals surface area contributed by atoms with Crippen LogP contribution in [0.2, 0.25) is 0 Å². The molecule has 1 heterocycles. The monoisotopic (exact) mass is 384 g/mol. The third-order valence-corrected chi connectivity index (χ3v) is 4.62. The standard InChI is InChI=1S/C14H12ClF3O5S/c1-8-11(23-24(20,21)5-4-14(16,17)18)3-2-10-9(7-15)6-12(19)22-13(8)10/h2-3,6H,4-5,7H2,1H3. The Morgan fingerprint density at radius 3 is 2.54 bits per heavy atom. The van der Waals surface area contributed by atoms with Crippen molar-refractivity contribution in [3.8, 4) is 5.75 Å². The number of benzene rings is 1. The molecule has 0 fully saturated rings. The van der Waals surface area contributed by atoms with Gasteiger partial charge in [-0.2, -0.15) is 21.6 Å². The highest BCUT2D eigenvalue weighted by Gasteiger charge is 2.31. The average Bonchev–Trinajstić information content (AvgIpc) is 2.47. The predicted octanol–water partition coefficient (Wildman–Crippen LogP) is 3.50. The second kappa shape index (κ2) is 6.64. The number of hydrogen-bond donors (Lipinski definition) is 0. The first-order valence-corrected chi connectivity index (χ1v) is 8.75. The van der Waals surface area contributed by atoms with Gasteiger partial charge in [-0.1, -0.05) is 0 Å². The van der Waals surface area contributed by atoms with Crippen LogP contribution in [0.4, 0.5) is 13.2 Å². The smallest absolute Gasteiger partial charge is 0.390 e. The maximum atomic E-state index is 12.2. The first-order valence-electron chi connectivity index (χ1n) is 6.63. The van der Waals surface area contributed by atoms with E-state index < -0.39 is 34.1 Å². The summed E-state index contributed by atoms with van der Waals surface area (Å²) in [6.07, 6.45) is -6.13. The van der Waals surface area contributed by atoms with Crippen molar-refractivity contribution >= 4 is 32.7 Å². The zero-order valence-corrected chi connectivity index (χ0v) is 13.9. The molecule has 2 rings (SSSR count). The van der Waals surface area contributed by atoms with Gasteiger partial charge in [0.25, 0.3) is 0 Å². The van der Waals surface area contributed by atoms with Gasteiger partial charge in [0.2, 0.25) is 0 Å². The van der Waals surface area contributed by atoms with Gasteiger partial charge >= 0.3 is 21.9 Å². The quantitative estimate of drug-likeness (QED) is 0.448. The molecule has 1 aromatic carbocycles. The van der Waals surface area contributed by atoms with Gasteiger partial charge in [-0.15, -0.1) is 11.6 Å². The van der Waals surface area contributed by atoms with E-state index in [1.807, 2.05) is 0 Å². The Labute approximate surface area is 140 Å². The van der Waals surface area contributed by atoms with Crippen molar-refractivity contribution in [2.24, 2.45) is 0 Å². The van der Waals surface area contributed by atoms with Crippen molar-refractivity contribution in [2.45, 2.75) is 25.4 Å². The van der Waals surface area contributed by atoms with Crippen LogP contribution < -0.4 is 9.81 Å². The minimum absolute atomic E-state index is 0.0334. The lowest BCUT2D eigenvalue weighted by Crippen LogP contribution is -2.20. The molecule has 0 N–H and O–H groups in total. The van der Waals surface area contributed by atoms with Gasteiger partial charge in [0.15, 0.2) is 0 Å². The topological polar surface area (TPSA) is 73.6 Å². The molecule has 0 atom stereocenters. The van der Waals surface area contributed by atoms with Crippen LogP contribution in [0.25, 0.3) is 11.0 Å². The van der Waals surface area contributed by atoms with Crippen molar-refractivity contribution in [2.75, 3.05) is 5.75 Å². The Kier molecular flexibility index (Phi) is 5.14. The van der Waals surface area contributed by atoms with Crippen molar-refractivity contribution < 1.29 is 30.2 Å². The van der Waals surface area contributed by atoms with Crippen molar-refractivity contribution in [3.63, 3.8) is 0 Å². The Bertz CT molecular complexity index is 918. The number of hydrogen-bond acceptors (Lipinski definition) is 5. The van der Waals surface area contributed by atoms with Crippen LogP contribution in [0.1, 0.15) is 17.5 Å². The Morgan fingerprint density at radius 1 is 1.29 bits per heavy atom. The summed E-state index contributed by atoms with van der Waals surface area (Å²) in [7, 11) is -4.45. The Balaban J connectivity index is 2.40. The highest BCUT2D eigenvalue weighted by Crippen LogP contribution is 2.30. The summed E-state index contributed by atoms with van der Waals surface area (Å²) in [4.78, 5) is 11.5. The van der Waals surface area contributed by atoms with Crippen LogP contribution in [-0.2, 0) is 16.0 Å². The molecular formula is C14H12ClF3O5S. The lowest BCUT2D eigenvalue weighted by molar-refractivity contribution is -0.130. The van der Waals surface area contributed by atoms with Crippen LogP contribution in [0, 0.1) is 6.92 Å². The molecule has 0 saturated carbocycles. The third kappa shape index (κ3) is 4.41. The van der Waals surface area contributed by atoms with E-state index in [4.69, 9.17) is 20.2 Å². The maximum absolute atomic E-state index is 12.2. The molecule has 0 unspecified atom stereocenters. The summed E-state index contributed by atoms with van der Waals surface area (Å²) < 4.78 is 69.6. The van der Waals surface area contributed by atoms with Gasteiger partial charge in [-0.3, -0.25) is 0 Å². The van der Waals surface area contributed by atoms with Gasteiger partial charge in [-0.05, 0) is 24.6 Å². The molecule has 1 aromatic heterocycles. The third-order valence-electron chi connectivity index (χ3n) is 3.19. The van der Waals surface area contributed by atoms with Crippen LogP contribution >= 0.6 is 11.6 Å². The van der Waals surface area contributed by atoms with Crippen LogP contribution in [-0.4, -0.2) is 20.3 Å². The fourth-order valence-electron chi connectivity index (χ4n) is 2.03. The van der Waals surface area contributed by atoms with Gasteiger partial charge in [0, 0.05) is 22.9 Å². The molecule has 0 bridgehead atoms. The van der Waals surface area contributed by atoms with Gasteiger partial charge in [0.1, 0.15) is 11.3 Å². The summed E-state index contributed by atoms with van der Waals surface area (Å²) in [6, 6.07) is 3.91. The highest BCUT2D eigenvalue weighted by molar-refractivity contribution is 7.87. The van der Waals surface area contributed by atoms with E-state index in [0.29, 0.717) is 10.9 Å². The molecule has 0 aliphatic heterocycles. The molecular weight excluding hydrogens is 373 g/mol. The van der Waals surface area contributed by atoms with E-state index in [9.17, 15) is 26.4 Å². The maximum Gasteiger partial charge on any atom is 0.390 e. The van der Waals surface area contributed by atoms with Crippen molar-refractivity contribution in [3.05, 3.63) is 39.7 Å². The number of fused-ring (bicyclic) bond motifs is 1. The molecule has 132 valence electrons. The molecule has 24 heavy (non-hydrogen) atoms. The summed E-state index contributed by atoms with van der Waals surface area (Å²) in [5.41, 5.74) is 0.0460. The molecule has 0 radical (unpaired) electrons. The molecule has 0 aliphatic carbocycles. The number of halogens is 4. The molecule has 0 amide bonds. The number of alkyl halides is 4. The fourth-order valence-corrected chi connectivity index (χ4v) is 3.27. The molecule has 10 heteroatoms. The van der Waals surface area contributed by atoms with Gasteiger partial charge in [-0.25, -0.2) is 4.79 Å². The summed E-state index contributed by atoms with van der Waals surface area (Å²) in [6.45, 7) is 1.43. The van der Waals surface area contributed by atoms with Crippen LogP contribution in [0.5, 0.6) is 5.75 Å². The lowest BCUT2D eigenvalue weighted by atomic mass is 10.1. The second-order valence-electron chi connectivity index (χ2n) is 5.00. The number of rotatable bonds is 5. The van der Waals surface area contributed by atoms with E-state index in [0.717, 1.165) is 0 Å². The Hall–Kier alpha value is -1.74. The second-order valence-corrected chi connectivity index (χ2v) is 6.96. The van der Waals surface area contributed by atoms with E-state index in [-0.39, 0.29) is 22.8 Å². The summed E-state index contributed by atoms with van der Waals surface area (Å²) >= 11 is 5.75. The SMILES string of the molecule is Cc1c(OS(=O)(=O)CCC(F)(F)F)ccc2c(CCl)cc(=O)oc12. The lowest BCUT2D eigenvalue weighted by Gasteiger charge is -2.12. The minimum Gasteiger partial charge on any atom is -0.422 e. The zero-order valence-electron chi connectivity index (χ0n) is 12.3. The van der Waals surface area contributed by atoms with Crippen molar-refractivity contribution in [1.82, 2.24) is 0 Å². The predicted molar refractivity (Wildman–Crippen MR) is 81.9 cm³/mol. The van der Waals surface area contributed by atoms with Crippen molar-refractivity contribution in [1.29, 1.82) is 0 Å². The van der Waals surface area contributed by atoms with Crippen LogP contribution in [0.15, 0.2) is 27.4 Å². The summed E-state index contributed by atoms with van der Waals surface area (Å²) in [5, 5.41) is 0.488. The van der Waals surface area contributed by atoms with E-state index >= 15 is 0 Å². The molecule has 0 aliphatic rings. The fraction of sp³-hybridized carbons (Fsp3) is 0.357. The van der Waals surface area contributed by atoms with Gasteiger partial charge < -0.3 is 8.60 Å². The molecule has 2 aromatic rings. The molecule has 0 spiro atoms. The summed E-state index contributed by atoms with van der Waals surface area (Å²) in [5.74, 6) is -1.38. The molecule has 5 nitrogen and oxygen atoms in total. The normalized spacial score (nSPS) is 12.5. The largest absolute Gasteiger partial charge is 0.422 e. The molecule has 0 saturated heterocycles. The highest BCUT2D eigenvalue weighted by atomic mass is 35.5. The first kappa shape index (κ1) is 18.6. The zero-order chi connectivity index (χ0) is 18.1. The van der Waals surface area contributed by atoms with E-state index in [2.05, 4.69) is 0 Å². The average molecular weight is 385 g/mol. The number of aryl methyl sites for hydroxylation is 1. The van der Waals surface area contributed by atoms with E-state index in [1.165, 1.54) is 25.1 Å². The first-order chi connectivity index (χ1) is 11.0. The van der Waals surface area contributed by atoms with Gasteiger partial charge in [0.05, 0.1) is 12.2 Å².